The highest BCUT2D eigenvalue weighted by Crippen LogP contribution is 2.43. The molecule has 2 atom stereocenters. The van der Waals surface area contributed by atoms with Gasteiger partial charge in [0.15, 0.2) is 6.10 Å². The second-order valence-corrected chi connectivity index (χ2v) is 7.04. The minimum absolute atomic E-state index is 0.364. The molecule has 0 saturated carbocycles. The van der Waals surface area contributed by atoms with Crippen molar-refractivity contribution in [1.82, 2.24) is 5.32 Å². The van der Waals surface area contributed by atoms with E-state index >= 15 is 0 Å². The molecule has 4 heteroatoms. The van der Waals surface area contributed by atoms with E-state index in [1.54, 1.807) is 11.3 Å². The summed E-state index contributed by atoms with van der Waals surface area (Å²) < 4.78 is 7.56. The van der Waals surface area contributed by atoms with Crippen LogP contribution in [0.25, 0.3) is 10.1 Å². The predicted octanol–water partition coefficient (Wildman–Crippen LogP) is 3.53. The Bertz CT molecular complexity index is 844. The molecule has 23 heavy (non-hydrogen) atoms. The van der Waals surface area contributed by atoms with Gasteiger partial charge in [-0.3, -0.25) is 0 Å². The van der Waals surface area contributed by atoms with Crippen LogP contribution in [0.4, 0.5) is 0 Å². The SMILES string of the molecule is CNC[C@@]1(O)Cc2ccccc2[C@H]1Oc1cccc2sccc12. The Morgan fingerprint density at radius 1 is 1.22 bits per heavy atom. The highest BCUT2D eigenvalue weighted by molar-refractivity contribution is 7.17. The molecular weight excluding hydrogens is 306 g/mol. The molecule has 0 bridgehead atoms. The van der Waals surface area contributed by atoms with E-state index in [4.69, 9.17) is 4.74 Å². The molecule has 1 aromatic heterocycles. The van der Waals surface area contributed by atoms with E-state index in [1.807, 2.05) is 31.3 Å². The average molecular weight is 325 g/mol. The molecule has 1 aliphatic carbocycles. The fourth-order valence-corrected chi connectivity index (χ4v) is 4.30. The van der Waals surface area contributed by atoms with E-state index in [9.17, 15) is 5.11 Å². The van der Waals surface area contributed by atoms with Gasteiger partial charge in [0.25, 0.3) is 0 Å². The number of likely N-dealkylation sites (N-methyl/N-ethyl adjacent to an activating group) is 1. The molecule has 0 amide bonds. The highest BCUT2D eigenvalue weighted by Gasteiger charge is 2.46. The van der Waals surface area contributed by atoms with Gasteiger partial charge in [0.1, 0.15) is 11.4 Å². The Kier molecular flexibility index (Phi) is 3.60. The van der Waals surface area contributed by atoms with E-state index in [2.05, 4.69) is 35.0 Å². The van der Waals surface area contributed by atoms with Crippen LogP contribution in [-0.4, -0.2) is 24.3 Å². The second-order valence-electron chi connectivity index (χ2n) is 6.10. The summed E-state index contributed by atoms with van der Waals surface area (Å²) in [7, 11) is 1.86. The molecular formula is C19H19NO2S. The summed E-state index contributed by atoms with van der Waals surface area (Å²) in [5.41, 5.74) is 1.31. The minimum Gasteiger partial charge on any atom is -0.482 e. The lowest BCUT2D eigenvalue weighted by Crippen LogP contribution is -2.45. The summed E-state index contributed by atoms with van der Waals surface area (Å²) in [5, 5.41) is 17.5. The van der Waals surface area contributed by atoms with Crippen LogP contribution >= 0.6 is 11.3 Å². The van der Waals surface area contributed by atoms with Crippen LogP contribution in [0, 0.1) is 0 Å². The van der Waals surface area contributed by atoms with Crippen LogP contribution in [0.15, 0.2) is 53.9 Å². The summed E-state index contributed by atoms with van der Waals surface area (Å²) in [6.45, 7) is 0.492. The molecule has 2 N–H and O–H groups in total. The molecule has 0 unspecified atom stereocenters. The number of aliphatic hydroxyl groups is 1. The van der Waals surface area contributed by atoms with E-state index in [0.29, 0.717) is 13.0 Å². The third-order valence-electron chi connectivity index (χ3n) is 4.51. The number of rotatable bonds is 4. The Morgan fingerprint density at radius 3 is 2.96 bits per heavy atom. The van der Waals surface area contributed by atoms with Crippen molar-refractivity contribution in [3.8, 4) is 5.75 Å². The molecule has 1 heterocycles. The molecule has 3 nitrogen and oxygen atoms in total. The van der Waals surface area contributed by atoms with Gasteiger partial charge in [0.2, 0.25) is 0 Å². The smallest absolute Gasteiger partial charge is 0.154 e. The third-order valence-corrected chi connectivity index (χ3v) is 5.39. The maximum atomic E-state index is 11.2. The maximum Gasteiger partial charge on any atom is 0.154 e. The lowest BCUT2D eigenvalue weighted by Gasteiger charge is -2.31. The van der Waals surface area contributed by atoms with Gasteiger partial charge in [-0.25, -0.2) is 0 Å². The van der Waals surface area contributed by atoms with Crippen molar-refractivity contribution >= 4 is 21.4 Å². The van der Waals surface area contributed by atoms with Gasteiger partial charge < -0.3 is 15.2 Å². The van der Waals surface area contributed by atoms with Crippen molar-refractivity contribution in [2.45, 2.75) is 18.1 Å². The van der Waals surface area contributed by atoms with Crippen molar-refractivity contribution in [2.24, 2.45) is 0 Å². The Balaban J connectivity index is 1.77. The van der Waals surface area contributed by atoms with Crippen molar-refractivity contribution in [2.75, 3.05) is 13.6 Å². The summed E-state index contributed by atoms with van der Waals surface area (Å²) in [4.78, 5) is 0. The monoisotopic (exact) mass is 325 g/mol. The van der Waals surface area contributed by atoms with Gasteiger partial charge in [-0.15, -0.1) is 11.3 Å². The first-order chi connectivity index (χ1) is 11.2. The van der Waals surface area contributed by atoms with Crippen molar-refractivity contribution < 1.29 is 9.84 Å². The number of benzene rings is 2. The Morgan fingerprint density at radius 2 is 2.09 bits per heavy atom. The molecule has 2 aromatic carbocycles. The summed E-state index contributed by atoms with van der Waals surface area (Å²) in [6, 6.07) is 16.3. The fourth-order valence-electron chi connectivity index (χ4n) is 3.49. The second kappa shape index (κ2) is 5.64. The fraction of sp³-hybridized carbons (Fsp3) is 0.263. The zero-order valence-corrected chi connectivity index (χ0v) is 13.8. The van der Waals surface area contributed by atoms with Crippen LogP contribution in [0.1, 0.15) is 17.2 Å². The lowest BCUT2D eigenvalue weighted by molar-refractivity contribution is -0.0478. The van der Waals surface area contributed by atoms with E-state index in [0.717, 1.165) is 22.3 Å². The molecule has 0 radical (unpaired) electrons. The molecule has 0 spiro atoms. The van der Waals surface area contributed by atoms with Gasteiger partial charge >= 0.3 is 0 Å². The highest BCUT2D eigenvalue weighted by atomic mass is 32.1. The van der Waals surface area contributed by atoms with Gasteiger partial charge in [-0.2, -0.15) is 0 Å². The Labute approximate surface area is 139 Å². The van der Waals surface area contributed by atoms with Gasteiger partial charge in [0, 0.05) is 23.1 Å². The molecule has 0 saturated heterocycles. The zero-order chi connectivity index (χ0) is 15.9. The molecule has 0 aliphatic heterocycles. The van der Waals surface area contributed by atoms with Gasteiger partial charge in [0.05, 0.1) is 0 Å². The number of nitrogens with one attached hydrogen (secondary N) is 1. The van der Waals surface area contributed by atoms with Crippen molar-refractivity contribution in [3.05, 3.63) is 65.0 Å². The van der Waals surface area contributed by atoms with Crippen molar-refractivity contribution in [3.63, 3.8) is 0 Å². The summed E-state index contributed by atoms with van der Waals surface area (Å²) >= 11 is 1.70. The molecule has 3 aromatic rings. The predicted molar refractivity (Wildman–Crippen MR) is 94.2 cm³/mol. The van der Waals surface area contributed by atoms with Gasteiger partial charge in [-0.1, -0.05) is 30.3 Å². The number of hydrogen-bond donors (Lipinski definition) is 2. The van der Waals surface area contributed by atoms with Crippen LogP contribution < -0.4 is 10.1 Å². The van der Waals surface area contributed by atoms with E-state index in [1.165, 1.54) is 4.70 Å². The van der Waals surface area contributed by atoms with Crippen LogP contribution in [0.5, 0.6) is 5.75 Å². The van der Waals surface area contributed by atoms with Crippen LogP contribution in [0.3, 0.4) is 0 Å². The number of ether oxygens (including phenoxy) is 1. The van der Waals surface area contributed by atoms with Crippen LogP contribution in [-0.2, 0) is 6.42 Å². The lowest BCUT2D eigenvalue weighted by atomic mass is 9.97. The number of fused-ring (bicyclic) bond motifs is 2. The van der Waals surface area contributed by atoms with E-state index < -0.39 is 5.60 Å². The van der Waals surface area contributed by atoms with Gasteiger partial charge in [-0.05, 0) is 41.8 Å². The summed E-state index contributed by atoms with van der Waals surface area (Å²) in [6.07, 6.45) is 0.241. The number of hydrogen-bond acceptors (Lipinski definition) is 4. The molecule has 118 valence electrons. The van der Waals surface area contributed by atoms with E-state index in [-0.39, 0.29) is 6.10 Å². The van der Waals surface area contributed by atoms with Crippen LogP contribution in [0.2, 0.25) is 0 Å². The largest absolute Gasteiger partial charge is 0.482 e. The molecule has 1 aliphatic rings. The normalized spacial score (nSPS) is 23.1. The zero-order valence-electron chi connectivity index (χ0n) is 13.0. The third kappa shape index (κ3) is 2.43. The average Bonchev–Trinajstić information content (AvgIpc) is 3.12. The molecule has 0 fully saturated rings. The standard InChI is InChI=1S/C19H19NO2S/c1-20-12-19(21)11-13-5-2-3-6-14(13)18(19)22-16-7-4-8-17-15(16)9-10-23-17/h2-10,18,20-21H,11-12H2,1H3/t18-,19+/m1/s1. The Hall–Kier alpha value is -1.88. The first-order valence-electron chi connectivity index (χ1n) is 7.79. The first-order valence-corrected chi connectivity index (χ1v) is 8.67. The first kappa shape index (κ1) is 14.7. The van der Waals surface area contributed by atoms with Crippen molar-refractivity contribution in [1.29, 1.82) is 0 Å². The quantitative estimate of drug-likeness (QED) is 0.771. The topological polar surface area (TPSA) is 41.5 Å². The summed E-state index contributed by atoms with van der Waals surface area (Å²) in [5.74, 6) is 0.833. The molecule has 4 rings (SSSR count). The minimum atomic E-state index is -0.934. The number of thiophene rings is 1. The maximum absolute atomic E-state index is 11.2.